The van der Waals surface area contributed by atoms with Crippen molar-refractivity contribution in [2.45, 2.75) is 6.92 Å². The Labute approximate surface area is 94.1 Å². The van der Waals surface area contributed by atoms with Gasteiger partial charge in [-0.15, -0.1) is 0 Å². The molecule has 0 spiro atoms. The molecule has 2 aromatic heterocycles. The molecule has 0 saturated heterocycles. The second-order valence-electron chi connectivity index (χ2n) is 4.00. The molecular weight excluding hydrogens is 204 g/mol. The SMILES string of the molecule is Cc1[nH]nc2ncnc(NCCN(C)C)c12. The standard InChI is InChI=1S/C10H16N6/c1-7-8-9(11-4-5-16(2)3)12-6-13-10(8)15-14-7/h6H,4-5H2,1-3H3,(H2,11,12,13,14,15). The molecule has 2 N–H and O–H groups in total. The molecule has 0 aromatic carbocycles. The van der Waals surface area contributed by atoms with Gasteiger partial charge in [0.1, 0.15) is 12.1 Å². The maximum absolute atomic E-state index is 4.24. The first-order valence-electron chi connectivity index (χ1n) is 5.23. The van der Waals surface area contributed by atoms with E-state index in [9.17, 15) is 0 Å². The number of hydrogen-bond acceptors (Lipinski definition) is 5. The van der Waals surface area contributed by atoms with Crippen LogP contribution in [0, 0.1) is 6.92 Å². The first-order valence-corrected chi connectivity index (χ1v) is 5.23. The summed E-state index contributed by atoms with van der Waals surface area (Å²) in [6.45, 7) is 3.78. The van der Waals surface area contributed by atoms with E-state index in [-0.39, 0.29) is 0 Å². The molecule has 0 aliphatic rings. The maximum atomic E-state index is 4.24. The van der Waals surface area contributed by atoms with Gasteiger partial charge in [0.25, 0.3) is 0 Å². The molecule has 0 radical (unpaired) electrons. The van der Waals surface area contributed by atoms with E-state index in [1.807, 2.05) is 21.0 Å². The van der Waals surface area contributed by atoms with Crippen LogP contribution in [-0.4, -0.2) is 52.3 Å². The van der Waals surface area contributed by atoms with Crippen LogP contribution in [-0.2, 0) is 0 Å². The summed E-state index contributed by atoms with van der Waals surface area (Å²) in [5.74, 6) is 0.845. The van der Waals surface area contributed by atoms with E-state index in [0.29, 0.717) is 5.65 Å². The molecule has 2 heterocycles. The lowest BCUT2D eigenvalue weighted by molar-refractivity contribution is 0.425. The first-order chi connectivity index (χ1) is 7.68. The normalized spacial score (nSPS) is 11.2. The Hall–Kier alpha value is -1.69. The number of aromatic amines is 1. The molecule has 0 saturated carbocycles. The highest BCUT2D eigenvalue weighted by Crippen LogP contribution is 2.19. The number of nitrogens with zero attached hydrogens (tertiary/aromatic N) is 4. The molecule has 86 valence electrons. The summed E-state index contributed by atoms with van der Waals surface area (Å²) in [6, 6.07) is 0. The predicted octanol–water partition coefficient (Wildman–Crippen LogP) is 0.635. The zero-order chi connectivity index (χ0) is 11.5. The second kappa shape index (κ2) is 4.44. The number of anilines is 1. The van der Waals surface area contributed by atoms with Crippen molar-refractivity contribution in [1.82, 2.24) is 25.1 Å². The number of aromatic nitrogens is 4. The Bertz CT molecular complexity index is 475. The second-order valence-corrected chi connectivity index (χ2v) is 4.00. The summed E-state index contributed by atoms with van der Waals surface area (Å²) < 4.78 is 0. The topological polar surface area (TPSA) is 69.7 Å². The Morgan fingerprint density at radius 2 is 2.19 bits per heavy atom. The Kier molecular flexibility index (Phi) is 3.00. The Morgan fingerprint density at radius 3 is 2.94 bits per heavy atom. The highest BCUT2D eigenvalue weighted by atomic mass is 15.2. The van der Waals surface area contributed by atoms with Crippen LogP contribution in [0.2, 0.25) is 0 Å². The number of fused-ring (bicyclic) bond motifs is 1. The van der Waals surface area contributed by atoms with Crippen molar-refractivity contribution < 1.29 is 0 Å². The minimum Gasteiger partial charge on any atom is -0.368 e. The van der Waals surface area contributed by atoms with Gasteiger partial charge < -0.3 is 10.2 Å². The minimum atomic E-state index is 0.708. The van der Waals surface area contributed by atoms with Crippen LogP contribution in [0.1, 0.15) is 5.69 Å². The fraction of sp³-hybridized carbons (Fsp3) is 0.500. The minimum absolute atomic E-state index is 0.708. The van der Waals surface area contributed by atoms with Gasteiger partial charge in [0, 0.05) is 18.8 Å². The zero-order valence-electron chi connectivity index (χ0n) is 9.78. The molecule has 0 atom stereocenters. The Morgan fingerprint density at radius 1 is 1.38 bits per heavy atom. The third-order valence-corrected chi connectivity index (χ3v) is 2.38. The molecule has 0 fully saturated rings. The van der Waals surface area contributed by atoms with Crippen LogP contribution in [0.4, 0.5) is 5.82 Å². The van der Waals surface area contributed by atoms with Crippen LogP contribution in [0.25, 0.3) is 11.0 Å². The number of likely N-dealkylation sites (N-methyl/N-ethyl adjacent to an activating group) is 1. The zero-order valence-corrected chi connectivity index (χ0v) is 9.78. The first kappa shape index (κ1) is 10.8. The summed E-state index contributed by atoms with van der Waals surface area (Å²) in [6.07, 6.45) is 1.53. The molecule has 2 rings (SSSR count). The van der Waals surface area contributed by atoms with E-state index >= 15 is 0 Å². The van der Waals surface area contributed by atoms with Gasteiger partial charge in [-0.05, 0) is 21.0 Å². The van der Waals surface area contributed by atoms with Gasteiger partial charge in [0.05, 0.1) is 5.39 Å². The largest absolute Gasteiger partial charge is 0.368 e. The van der Waals surface area contributed by atoms with Gasteiger partial charge >= 0.3 is 0 Å². The monoisotopic (exact) mass is 220 g/mol. The molecule has 6 heteroatoms. The highest BCUT2D eigenvalue weighted by molar-refractivity contribution is 5.88. The van der Waals surface area contributed by atoms with Gasteiger partial charge in [0.2, 0.25) is 0 Å². The molecule has 0 amide bonds. The lowest BCUT2D eigenvalue weighted by Crippen LogP contribution is -2.21. The lowest BCUT2D eigenvalue weighted by Gasteiger charge is -2.11. The fourth-order valence-electron chi connectivity index (χ4n) is 1.53. The molecule has 0 aliphatic carbocycles. The molecule has 16 heavy (non-hydrogen) atoms. The van der Waals surface area contributed by atoms with Crippen LogP contribution < -0.4 is 5.32 Å². The van der Waals surface area contributed by atoms with E-state index in [0.717, 1.165) is 30.0 Å². The van der Waals surface area contributed by atoms with Crippen LogP contribution in [0.15, 0.2) is 6.33 Å². The van der Waals surface area contributed by atoms with Crippen molar-refractivity contribution in [2.75, 3.05) is 32.5 Å². The van der Waals surface area contributed by atoms with E-state index in [1.54, 1.807) is 0 Å². The van der Waals surface area contributed by atoms with Crippen molar-refractivity contribution >= 4 is 16.9 Å². The average Bonchev–Trinajstić information content (AvgIpc) is 2.61. The Balaban J connectivity index is 2.20. The maximum Gasteiger partial charge on any atom is 0.186 e. The summed E-state index contributed by atoms with van der Waals surface area (Å²) >= 11 is 0. The van der Waals surface area contributed by atoms with Gasteiger partial charge in [-0.3, -0.25) is 5.10 Å². The van der Waals surface area contributed by atoms with Gasteiger partial charge in [-0.2, -0.15) is 5.10 Å². The van der Waals surface area contributed by atoms with Crippen molar-refractivity contribution in [1.29, 1.82) is 0 Å². The van der Waals surface area contributed by atoms with Crippen molar-refractivity contribution in [3.63, 3.8) is 0 Å². The molecule has 0 aliphatic heterocycles. The summed E-state index contributed by atoms with van der Waals surface area (Å²) in [4.78, 5) is 10.5. The van der Waals surface area contributed by atoms with E-state index in [1.165, 1.54) is 6.33 Å². The number of hydrogen-bond donors (Lipinski definition) is 2. The molecule has 2 aromatic rings. The summed E-state index contributed by atoms with van der Waals surface area (Å²) in [5, 5.41) is 11.3. The quantitative estimate of drug-likeness (QED) is 0.791. The van der Waals surface area contributed by atoms with Crippen LogP contribution in [0.3, 0.4) is 0 Å². The molecular formula is C10H16N6. The van der Waals surface area contributed by atoms with E-state index < -0.39 is 0 Å². The van der Waals surface area contributed by atoms with Crippen LogP contribution >= 0.6 is 0 Å². The van der Waals surface area contributed by atoms with Gasteiger partial charge in [-0.1, -0.05) is 0 Å². The van der Waals surface area contributed by atoms with E-state index in [2.05, 4.69) is 30.4 Å². The smallest absolute Gasteiger partial charge is 0.186 e. The van der Waals surface area contributed by atoms with Gasteiger partial charge in [0.15, 0.2) is 5.65 Å². The predicted molar refractivity (Wildman–Crippen MR) is 63.5 cm³/mol. The average molecular weight is 220 g/mol. The van der Waals surface area contributed by atoms with Crippen molar-refractivity contribution in [2.24, 2.45) is 0 Å². The summed E-state index contributed by atoms with van der Waals surface area (Å²) in [7, 11) is 4.08. The summed E-state index contributed by atoms with van der Waals surface area (Å²) in [5.41, 5.74) is 1.70. The number of aryl methyl sites for hydroxylation is 1. The van der Waals surface area contributed by atoms with Gasteiger partial charge in [-0.25, -0.2) is 9.97 Å². The van der Waals surface area contributed by atoms with E-state index in [4.69, 9.17) is 0 Å². The third-order valence-electron chi connectivity index (χ3n) is 2.38. The number of nitrogens with one attached hydrogen (secondary N) is 2. The molecule has 0 bridgehead atoms. The van der Waals surface area contributed by atoms with Crippen LogP contribution in [0.5, 0.6) is 0 Å². The lowest BCUT2D eigenvalue weighted by atomic mass is 10.3. The molecule has 0 unspecified atom stereocenters. The van der Waals surface area contributed by atoms with Crippen molar-refractivity contribution in [3.05, 3.63) is 12.0 Å². The molecule has 6 nitrogen and oxygen atoms in total. The number of rotatable bonds is 4. The van der Waals surface area contributed by atoms with Crippen molar-refractivity contribution in [3.8, 4) is 0 Å². The fourth-order valence-corrected chi connectivity index (χ4v) is 1.53. The highest BCUT2D eigenvalue weighted by Gasteiger charge is 2.08. The number of H-pyrrole nitrogens is 1. The third kappa shape index (κ3) is 2.11.